The molecule has 1 rings (SSSR count). The number of carbonyl (C=O) groups excluding carboxylic acids is 1. The molecule has 88 valence electrons. The number of rotatable bonds is 3. The Labute approximate surface area is 104 Å². The van der Waals surface area contributed by atoms with Crippen LogP contribution in [0.15, 0.2) is 0 Å². The average molecular weight is 287 g/mol. The van der Waals surface area contributed by atoms with Crippen molar-refractivity contribution in [2.24, 2.45) is 5.73 Å². The molecule has 0 fully saturated rings. The van der Waals surface area contributed by atoms with Crippen LogP contribution in [0, 0.1) is 0 Å². The summed E-state index contributed by atoms with van der Waals surface area (Å²) in [4.78, 5) is 21.4. The predicted octanol–water partition coefficient (Wildman–Crippen LogP) is 0.288. The van der Waals surface area contributed by atoms with Gasteiger partial charge in [0.25, 0.3) is 0 Å². The van der Waals surface area contributed by atoms with E-state index < -0.39 is 27.9 Å². The second-order valence-corrected chi connectivity index (χ2v) is 4.99. The molecule has 16 heavy (non-hydrogen) atoms. The standard InChI is InChI=1S/C6H5Cl3N4O3/c7-6(8,9)4-3(5(15)16)11-12-13(4)1-2(10)14/h1H2,(H2,10,14)(H,15,16). The summed E-state index contributed by atoms with van der Waals surface area (Å²) in [6.45, 7) is -0.427. The molecule has 1 aromatic heterocycles. The third kappa shape index (κ3) is 2.75. The highest BCUT2D eigenvalue weighted by Gasteiger charge is 2.35. The molecular formula is C6H5Cl3N4O3. The molecule has 0 aliphatic heterocycles. The fourth-order valence-electron chi connectivity index (χ4n) is 0.996. The maximum Gasteiger partial charge on any atom is 0.358 e. The van der Waals surface area contributed by atoms with Gasteiger partial charge in [-0.05, 0) is 0 Å². The number of alkyl halides is 3. The first-order valence-electron chi connectivity index (χ1n) is 3.75. The summed E-state index contributed by atoms with van der Waals surface area (Å²) in [6.07, 6.45) is 0. The van der Waals surface area contributed by atoms with Crippen molar-refractivity contribution in [2.75, 3.05) is 0 Å². The van der Waals surface area contributed by atoms with Crippen molar-refractivity contribution in [3.05, 3.63) is 11.4 Å². The number of primary amides is 1. The van der Waals surface area contributed by atoms with Crippen molar-refractivity contribution >= 4 is 46.7 Å². The lowest BCUT2D eigenvalue weighted by molar-refractivity contribution is -0.118. The van der Waals surface area contributed by atoms with E-state index in [0.717, 1.165) is 4.68 Å². The van der Waals surface area contributed by atoms with Crippen LogP contribution >= 0.6 is 34.8 Å². The van der Waals surface area contributed by atoms with E-state index in [1.165, 1.54) is 0 Å². The third-order valence-electron chi connectivity index (χ3n) is 1.51. The highest BCUT2D eigenvalue weighted by molar-refractivity contribution is 6.66. The minimum absolute atomic E-state index is 0.316. The molecule has 0 saturated heterocycles. The molecule has 0 saturated carbocycles. The van der Waals surface area contributed by atoms with Gasteiger partial charge in [0.1, 0.15) is 12.2 Å². The molecule has 0 spiro atoms. The topological polar surface area (TPSA) is 111 Å². The van der Waals surface area contributed by atoms with E-state index in [0.29, 0.717) is 0 Å². The summed E-state index contributed by atoms with van der Waals surface area (Å²) in [5, 5.41) is 15.4. The Bertz CT molecular complexity index is 439. The van der Waals surface area contributed by atoms with E-state index in [9.17, 15) is 9.59 Å². The first kappa shape index (κ1) is 13.0. The monoisotopic (exact) mass is 286 g/mol. The van der Waals surface area contributed by atoms with Gasteiger partial charge in [-0.15, -0.1) is 5.10 Å². The van der Waals surface area contributed by atoms with E-state index in [2.05, 4.69) is 10.3 Å². The summed E-state index contributed by atoms with van der Waals surface area (Å²) >= 11 is 16.7. The van der Waals surface area contributed by atoms with Crippen LogP contribution in [-0.2, 0) is 15.1 Å². The Balaban J connectivity index is 3.31. The largest absolute Gasteiger partial charge is 0.476 e. The lowest BCUT2D eigenvalue weighted by atomic mass is 10.3. The second kappa shape index (κ2) is 4.44. The summed E-state index contributed by atoms with van der Waals surface area (Å²) in [7, 11) is 0. The van der Waals surface area contributed by atoms with Gasteiger partial charge in [-0.2, -0.15) is 0 Å². The molecule has 1 amide bonds. The highest BCUT2D eigenvalue weighted by atomic mass is 35.6. The maximum atomic E-state index is 10.8. The molecule has 0 bridgehead atoms. The van der Waals surface area contributed by atoms with Crippen LogP contribution in [0.2, 0.25) is 0 Å². The molecule has 7 nitrogen and oxygen atoms in total. The highest BCUT2D eigenvalue weighted by Crippen LogP contribution is 2.39. The predicted molar refractivity (Wildman–Crippen MR) is 55.4 cm³/mol. The zero-order valence-corrected chi connectivity index (χ0v) is 9.79. The molecule has 0 aliphatic rings. The molecule has 0 aromatic carbocycles. The maximum absolute atomic E-state index is 10.8. The van der Waals surface area contributed by atoms with Crippen molar-refractivity contribution in [3.63, 3.8) is 0 Å². The number of nitrogens with zero attached hydrogens (tertiary/aromatic N) is 3. The zero-order chi connectivity index (χ0) is 12.5. The van der Waals surface area contributed by atoms with Crippen molar-refractivity contribution < 1.29 is 14.7 Å². The van der Waals surface area contributed by atoms with Crippen LogP contribution in [0.4, 0.5) is 0 Å². The van der Waals surface area contributed by atoms with Gasteiger partial charge in [0.05, 0.1) is 0 Å². The van der Waals surface area contributed by atoms with Crippen molar-refractivity contribution in [1.29, 1.82) is 0 Å². The number of carboxylic acid groups (broad SMARTS) is 1. The average Bonchev–Trinajstić information content (AvgIpc) is 2.45. The summed E-state index contributed by atoms with van der Waals surface area (Å²) < 4.78 is -1.23. The van der Waals surface area contributed by atoms with Gasteiger partial charge in [-0.3, -0.25) is 4.79 Å². The van der Waals surface area contributed by atoms with Gasteiger partial charge < -0.3 is 10.8 Å². The summed E-state index contributed by atoms with van der Waals surface area (Å²) in [5.41, 5.74) is 4.06. The molecule has 3 N–H and O–H groups in total. The molecular weight excluding hydrogens is 282 g/mol. The molecule has 1 aromatic rings. The molecule has 10 heteroatoms. The number of aromatic carboxylic acids is 1. The number of amides is 1. The smallest absolute Gasteiger partial charge is 0.358 e. The van der Waals surface area contributed by atoms with Crippen LogP contribution in [-0.4, -0.2) is 32.0 Å². The van der Waals surface area contributed by atoms with Gasteiger partial charge >= 0.3 is 5.97 Å². The first-order valence-corrected chi connectivity index (χ1v) is 4.89. The van der Waals surface area contributed by atoms with Gasteiger partial charge in [0.2, 0.25) is 9.70 Å². The molecule has 1 heterocycles. The third-order valence-corrected chi connectivity index (χ3v) is 2.05. The molecule has 0 radical (unpaired) electrons. The minimum atomic E-state index is -2.06. The number of aromatic nitrogens is 3. The van der Waals surface area contributed by atoms with Crippen molar-refractivity contribution in [1.82, 2.24) is 15.0 Å². The van der Waals surface area contributed by atoms with E-state index >= 15 is 0 Å². The SMILES string of the molecule is NC(=O)Cn1nnc(C(=O)O)c1C(Cl)(Cl)Cl. The van der Waals surface area contributed by atoms with Gasteiger partial charge in [0, 0.05) is 0 Å². The lowest BCUT2D eigenvalue weighted by Crippen LogP contribution is -2.24. The summed E-state index contributed by atoms with van der Waals surface area (Å²) in [6, 6.07) is 0. The van der Waals surface area contributed by atoms with E-state index in [-0.39, 0.29) is 5.69 Å². The van der Waals surface area contributed by atoms with Crippen LogP contribution in [0.1, 0.15) is 16.2 Å². The van der Waals surface area contributed by atoms with Crippen molar-refractivity contribution in [3.8, 4) is 0 Å². The van der Waals surface area contributed by atoms with Crippen LogP contribution < -0.4 is 5.73 Å². The van der Waals surface area contributed by atoms with Gasteiger partial charge in [-0.1, -0.05) is 40.0 Å². The van der Waals surface area contributed by atoms with Gasteiger partial charge in [-0.25, -0.2) is 9.48 Å². The quantitative estimate of drug-likeness (QED) is 0.776. The number of halogens is 3. The van der Waals surface area contributed by atoms with Gasteiger partial charge in [0.15, 0.2) is 5.69 Å². The fourth-order valence-corrected chi connectivity index (χ4v) is 1.56. The normalized spacial score (nSPS) is 11.4. The Kier molecular flexibility index (Phi) is 3.61. The summed E-state index contributed by atoms with van der Waals surface area (Å²) in [5.74, 6) is -2.19. The second-order valence-electron chi connectivity index (χ2n) is 2.71. The van der Waals surface area contributed by atoms with Crippen LogP contribution in [0.5, 0.6) is 0 Å². The number of nitrogens with two attached hydrogens (primary N) is 1. The Morgan fingerprint density at radius 3 is 2.38 bits per heavy atom. The first-order chi connectivity index (χ1) is 7.23. The zero-order valence-electron chi connectivity index (χ0n) is 7.52. The van der Waals surface area contributed by atoms with E-state index in [1.807, 2.05) is 0 Å². The molecule has 0 aliphatic carbocycles. The number of carbonyl (C=O) groups is 2. The van der Waals surface area contributed by atoms with E-state index in [4.69, 9.17) is 45.6 Å². The number of hydrogen-bond acceptors (Lipinski definition) is 4. The van der Waals surface area contributed by atoms with Crippen LogP contribution in [0.25, 0.3) is 0 Å². The molecule has 0 atom stereocenters. The number of hydrogen-bond donors (Lipinski definition) is 2. The van der Waals surface area contributed by atoms with Crippen LogP contribution in [0.3, 0.4) is 0 Å². The minimum Gasteiger partial charge on any atom is -0.476 e. The Hall–Kier alpha value is -1.05. The Morgan fingerprint density at radius 1 is 1.44 bits per heavy atom. The Morgan fingerprint density at radius 2 is 2.00 bits per heavy atom. The number of carboxylic acids is 1. The lowest BCUT2D eigenvalue weighted by Gasteiger charge is -2.12. The fraction of sp³-hybridized carbons (Fsp3) is 0.333. The molecule has 0 unspecified atom stereocenters. The van der Waals surface area contributed by atoms with E-state index in [1.54, 1.807) is 0 Å². The van der Waals surface area contributed by atoms with Crippen molar-refractivity contribution in [2.45, 2.75) is 10.3 Å².